The number of nitrogens with one attached hydrogen (secondary N) is 1. The molecule has 0 aliphatic rings. The maximum absolute atomic E-state index is 5.17. The smallest absolute Gasteiger partial charge is 0.130 e. The second-order valence-electron chi connectivity index (χ2n) is 2.05. The molecule has 0 aromatic carbocycles. The number of nitrogens with zero attached hydrogens (tertiary/aromatic N) is 2. The second kappa shape index (κ2) is 4.73. The van der Waals surface area contributed by atoms with Crippen LogP contribution in [0, 0.1) is 12.3 Å². The van der Waals surface area contributed by atoms with Gasteiger partial charge in [-0.1, -0.05) is 21.9 Å². The van der Waals surface area contributed by atoms with E-state index >= 15 is 0 Å². The molecule has 1 aromatic heterocycles. The number of anilines is 1. The molecule has 0 atom stereocenters. The molecule has 4 heteroatoms. The van der Waals surface area contributed by atoms with E-state index in [2.05, 4.69) is 37.1 Å². The lowest BCUT2D eigenvalue weighted by atomic mass is 10.4. The molecule has 0 aliphatic heterocycles. The molecule has 1 rings (SSSR count). The van der Waals surface area contributed by atoms with Crippen molar-refractivity contribution in [3.8, 4) is 12.3 Å². The third-order valence-corrected chi connectivity index (χ3v) is 1.61. The topological polar surface area (TPSA) is 37.8 Å². The average molecular weight is 226 g/mol. The Labute approximate surface area is 79.7 Å². The van der Waals surface area contributed by atoms with E-state index in [0.29, 0.717) is 5.69 Å². The van der Waals surface area contributed by atoms with Crippen molar-refractivity contribution in [2.24, 2.45) is 0 Å². The van der Waals surface area contributed by atoms with Gasteiger partial charge in [0, 0.05) is 17.9 Å². The normalized spacial score (nSPS) is 9.00. The second-order valence-corrected chi connectivity index (χ2v) is 2.84. The van der Waals surface area contributed by atoms with Crippen LogP contribution in [0.15, 0.2) is 12.4 Å². The van der Waals surface area contributed by atoms with Gasteiger partial charge in [0.1, 0.15) is 17.8 Å². The van der Waals surface area contributed by atoms with E-state index in [1.54, 1.807) is 6.07 Å². The number of terminal acetylenes is 1. The van der Waals surface area contributed by atoms with Gasteiger partial charge in [0.25, 0.3) is 0 Å². The van der Waals surface area contributed by atoms with Gasteiger partial charge in [0.2, 0.25) is 0 Å². The van der Waals surface area contributed by atoms with Gasteiger partial charge in [0.05, 0.1) is 0 Å². The maximum atomic E-state index is 5.17. The molecule has 62 valence electrons. The number of hydrogen-bond donors (Lipinski definition) is 1. The summed E-state index contributed by atoms with van der Waals surface area (Å²) in [5, 5.41) is 3.95. The lowest BCUT2D eigenvalue weighted by molar-refractivity contribution is 1.11. The SMILES string of the molecule is C#Cc1cc(NCCBr)ncn1. The van der Waals surface area contributed by atoms with Crippen LogP contribution in [0.2, 0.25) is 0 Å². The minimum atomic E-state index is 0.599. The fourth-order valence-corrected chi connectivity index (χ4v) is 0.906. The summed E-state index contributed by atoms with van der Waals surface area (Å²) < 4.78 is 0. The molecule has 0 aliphatic carbocycles. The predicted octanol–water partition coefficient (Wildman–Crippen LogP) is 1.26. The Bertz CT molecular complexity index is 293. The molecule has 0 amide bonds. The van der Waals surface area contributed by atoms with Crippen LogP contribution in [-0.4, -0.2) is 21.8 Å². The predicted molar refractivity (Wildman–Crippen MR) is 52.3 cm³/mol. The van der Waals surface area contributed by atoms with Crippen molar-refractivity contribution in [2.75, 3.05) is 17.2 Å². The first-order valence-corrected chi connectivity index (χ1v) is 4.57. The first-order chi connectivity index (χ1) is 5.86. The maximum Gasteiger partial charge on any atom is 0.130 e. The first kappa shape index (κ1) is 9.01. The van der Waals surface area contributed by atoms with Crippen LogP contribution in [0.3, 0.4) is 0 Å². The largest absolute Gasteiger partial charge is 0.369 e. The highest BCUT2D eigenvalue weighted by molar-refractivity contribution is 9.09. The molecule has 0 bridgehead atoms. The van der Waals surface area contributed by atoms with Gasteiger partial charge in [0.15, 0.2) is 0 Å². The highest BCUT2D eigenvalue weighted by atomic mass is 79.9. The van der Waals surface area contributed by atoms with Crippen molar-refractivity contribution >= 4 is 21.7 Å². The van der Waals surface area contributed by atoms with E-state index < -0.39 is 0 Å². The van der Waals surface area contributed by atoms with Gasteiger partial charge in [-0.05, 0) is 0 Å². The Balaban J connectivity index is 2.68. The Hall–Kier alpha value is -1.08. The Morgan fingerprint density at radius 3 is 3.08 bits per heavy atom. The minimum Gasteiger partial charge on any atom is -0.369 e. The zero-order valence-electron chi connectivity index (χ0n) is 6.42. The molecule has 0 spiro atoms. The molecule has 0 fully saturated rings. The fourth-order valence-electron chi connectivity index (χ4n) is 0.708. The van der Waals surface area contributed by atoms with Crippen molar-refractivity contribution in [1.29, 1.82) is 0 Å². The standard InChI is InChI=1S/C8H8BrN3/c1-2-7-5-8(10-4-3-9)12-6-11-7/h1,5-6H,3-4H2,(H,10,11,12). The van der Waals surface area contributed by atoms with Crippen molar-refractivity contribution in [1.82, 2.24) is 9.97 Å². The van der Waals surface area contributed by atoms with Crippen LogP contribution in [0.5, 0.6) is 0 Å². The minimum absolute atomic E-state index is 0.599. The Morgan fingerprint density at radius 1 is 1.58 bits per heavy atom. The van der Waals surface area contributed by atoms with E-state index in [9.17, 15) is 0 Å². The number of halogens is 1. The summed E-state index contributed by atoms with van der Waals surface area (Å²) in [5.41, 5.74) is 0.599. The summed E-state index contributed by atoms with van der Waals surface area (Å²) in [7, 11) is 0. The molecular weight excluding hydrogens is 218 g/mol. The summed E-state index contributed by atoms with van der Waals surface area (Å²) in [6, 6.07) is 1.74. The van der Waals surface area contributed by atoms with Crippen LogP contribution in [0.25, 0.3) is 0 Å². The zero-order valence-corrected chi connectivity index (χ0v) is 8.00. The molecule has 0 radical (unpaired) electrons. The summed E-state index contributed by atoms with van der Waals surface area (Å²) in [6.07, 6.45) is 6.62. The lowest BCUT2D eigenvalue weighted by Crippen LogP contribution is -2.04. The first-order valence-electron chi connectivity index (χ1n) is 3.45. The highest BCUT2D eigenvalue weighted by Gasteiger charge is 1.93. The van der Waals surface area contributed by atoms with Gasteiger partial charge in [-0.3, -0.25) is 0 Å². The monoisotopic (exact) mass is 225 g/mol. The summed E-state index contributed by atoms with van der Waals surface area (Å²) >= 11 is 3.30. The zero-order chi connectivity index (χ0) is 8.81. The number of aromatic nitrogens is 2. The third kappa shape index (κ3) is 2.51. The molecule has 0 saturated carbocycles. The molecular formula is C8H8BrN3. The quantitative estimate of drug-likeness (QED) is 0.622. The van der Waals surface area contributed by atoms with Crippen molar-refractivity contribution in [3.63, 3.8) is 0 Å². The third-order valence-electron chi connectivity index (χ3n) is 1.22. The van der Waals surface area contributed by atoms with Crippen LogP contribution >= 0.6 is 15.9 Å². The number of hydrogen-bond acceptors (Lipinski definition) is 3. The summed E-state index contributed by atoms with van der Waals surface area (Å²) in [5.74, 6) is 3.20. The summed E-state index contributed by atoms with van der Waals surface area (Å²) in [6.45, 7) is 0.820. The Kier molecular flexibility index (Phi) is 3.55. The van der Waals surface area contributed by atoms with E-state index in [1.165, 1.54) is 6.33 Å². The molecule has 1 heterocycles. The fraction of sp³-hybridized carbons (Fsp3) is 0.250. The molecule has 1 N–H and O–H groups in total. The molecule has 3 nitrogen and oxygen atoms in total. The van der Waals surface area contributed by atoms with Gasteiger partial charge < -0.3 is 5.32 Å². The van der Waals surface area contributed by atoms with E-state index in [0.717, 1.165) is 17.7 Å². The Morgan fingerprint density at radius 2 is 2.42 bits per heavy atom. The molecule has 12 heavy (non-hydrogen) atoms. The van der Waals surface area contributed by atoms with Crippen LogP contribution in [-0.2, 0) is 0 Å². The van der Waals surface area contributed by atoms with Gasteiger partial charge in [-0.25, -0.2) is 9.97 Å². The lowest BCUT2D eigenvalue weighted by Gasteiger charge is -2.01. The average Bonchev–Trinajstić information content (AvgIpc) is 2.15. The van der Waals surface area contributed by atoms with Gasteiger partial charge >= 0.3 is 0 Å². The van der Waals surface area contributed by atoms with Gasteiger partial charge in [-0.2, -0.15) is 0 Å². The van der Waals surface area contributed by atoms with Crippen molar-refractivity contribution in [3.05, 3.63) is 18.1 Å². The van der Waals surface area contributed by atoms with E-state index in [1.807, 2.05) is 0 Å². The molecule has 1 aromatic rings. The van der Waals surface area contributed by atoms with Crippen LogP contribution in [0.1, 0.15) is 5.69 Å². The van der Waals surface area contributed by atoms with Crippen molar-refractivity contribution in [2.45, 2.75) is 0 Å². The van der Waals surface area contributed by atoms with Crippen LogP contribution in [0.4, 0.5) is 5.82 Å². The number of rotatable bonds is 3. The number of alkyl halides is 1. The van der Waals surface area contributed by atoms with Gasteiger partial charge in [-0.15, -0.1) is 6.42 Å². The van der Waals surface area contributed by atoms with E-state index in [-0.39, 0.29) is 0 Å². The van der Waals surface area contributed by atoms with Crippen molar-refractivity contribution < 1.29 is 0 Å². The van der Waals surface area contributed by atoms with E-state index in [4.69, 9.17) is 6.42 Å². The molecule has 0 saturated heterocycles. The summed E-state index contributed by atoms with van der Waals surface area (Å²) in [4.78, 5) is 7.85. The highest BCUT2D eigenvalue weighted by Crippen LogP contribution is 2.01. The van der Waals surface area contributed by atoms with Crippen LogP contribution < -0.4 is 5.32 Å². The molecule has 0 unspecified atom stereocenters.